The third kappa shape index (κ3) is 3.37. The standard InChI is InChI=1S/C18H23F3N2O/c1-16(2)8-14-9-17(3,10-16)11-23(14)15(24)22-13-6-4-5-12(7-13)18(19,20)21/h4-7,14H,8-11H2,1-3H3,(H,22,24). The predicted molar refractivity (Wildman–Crippen MR) is 86.7 cm³/mol. The first-order valence-electron chi connectivity index (χ1n) is 8.22. The minimum absolute atomic E-state index is 0.0948. The highest BCUT2D eigenvalue weighted by molar-refractivity contribution is 5.90. The Kier molecular flexibility index (Phi) is 3.85. The van der Waals surface area contributed by atoms with Gasteiger partial charge in [0, 0.05) is 18.3 Å². The Labute approximate surface area is 140 Å². The van der Waals surface area contributed by atoms with Crippen molar-refractivity contribution in [2.24, 2.45) is 10.8 Å². The van der Waals surface area contributed by atoms with Crippen molar-refractivity contribution in [1.29, 1.82) is 0 Å². The topological polar surface area (TPSA) is 32.3 Å². The molecule has 2 amide bonds. The van der Waals surface area contributed by atoms with Crippen LogP contribution in [0.1, 0.15) is 45.6 Å². The molecule has 6 heteroatoms. The molecule has 3 rings (SSSR count). The summed E-state index contributed by atoms with van der Waals surface area (Å²) in [6.07, 6.45) is -1.46. The number of urea groups is 1. The van der Waals surface area contributed by atoms with E-state index in [1.54, 1.807) is 4.90 Å². The maximum atomic E-state index is 12.8. The number of hydrogen-bond acceptors (Lipinski definition) is 1. The second-order valence-electron chi connectivity index (χ2n) is 8.35. The number of halogens is 3. The van der Waals surface area contributed by atoms with Crippen LogP contribution in [0.15, 0.2) is 24.3 Å². The molecule has 2 bridgehead atoms. The molecule has 1 aromatic rings. The number of fused-ring (bicyclic) bond motifs is 2. The summed E-state index contributed by atoms with van der Waals surface area (Å²) in [7, 11) is 0. The van der Waals surface area contributed by atoms with Crippen molar-refractivity contribution in [2.45, 2.75) is 52.3 Å². The Morgan fingerprint density at radius 1 is 1.25 bits per heavy atom. The molecule has 1 heterocycles. The first-order chi connectivity index (χ1) is 11.0. The number of anilines is 1. The van der Waals surface area contributed by atoms with Gasteiger partial charge in [-0.3, -0.25) is 0 Å². The molecule has 0 aromatic heterocycles. The molecule has 1 aromatic carbocycles. The van der Waals surface area contributed by atoms with Crippen LogP contribution in [0.5, 0.6) is 0 Å². The van der Waals surface area contributed by atoms with Crippen LogP contribution in [0.2, 0.25) is 0 Å². The third-order valence-corrected chi connectivity index (χ3v) is 5.12. The Hall–Kier alpha value is -1.72. The van der Waals surface area contributed by atoms with Gasteiger partial charge in [0.25, 0.3) is 0 Å². The number of rotatable bonds is 1. The van der Waals surface area contributed by atoms with E-state index in [4.69, 9.17) is 0 Å². The van der Waals surface area contributed by atoms with Crippen LogP contribution in [-0.4, -0.2) is 23.5 Å². The summed E-state index contributed by atoms with van der Waals surface area (Å²) in [6, 6.07) is 4.63. The van der Waals surface area contributed by atoms with E-state index in [1.165, 1.54) is 12.1 Å². The van der Waals surface area contributed by atoms with Gasteiger partial charge in [-0.1, -0.05) is 26.8 Å². The molecule has 132 valence electrons. The quantitative estimate of drug-likeness (QED) is 0.754. The molecule has 0 radical (unpaired) electrons. The van der Waals surface area contributed by atoms with Crippen LogP contribution < -0.4 is 5.32 Å². The number of hydrogen-bond donors (Lipinski definition) is 1. The molecule has 24 heavy (non-hydrogen) atoms. The van der Waals surface area contributed by atoms with Crippen molar-refractivity contribution in [1.82, 2.24) is 4.90 Å². The second kappa shape index (κ2) is 5.39. The minimum atomic E-state index is -4.41. The van der Waals surface area contributed by atoms with E-state index in [-0.39, 0.29) is 28.6 Å². The zero-order valence-corrected chi connectivity index (χ0v) is 14.2. The van der Waals surface area contributed by atoms with Gasteiger partial charge in [0.1, 0.15) is 0 Å². The largest absolute Gasteiger partial charge is 0.416 e. The Morgan fingerprint density at radius 3 is 2.62 bits per heavy atom. The summed E-state index contributed by atoms with van der Waals surface area (Å²) in [5.74, 6) is 0. The molecule has 2 aliphatic rings. The van der Waals surface area contributed by atoms with Crippen molar-refractivity contribution >= 4 is 11.7 Å². The highest BCUT2D eigenvalue weighted by atomic mass is 19.4. The van der Waals surface area contributed by atoms with Gasteiger partial charge in [0.2, 0.25) is 0 Å². The van der Waals surface area contributed by atoms with Gasteiger partial charge >= 0.3 is 12.2 Å². The zero-order chi connectivity index (χ0) is 17.8. The van der Waals surface area contributed by atoms with Gasteiger partial charge < -0.3 is 10.2 Å². The highest BCUT2D eigenvalue weighted by Crippen LogP contribution is 2.52. The van der Waals surface area contributed by atoms with Gasteiger partial charge in [-0.15, -0.1) is 0 Å². The van der Waals surface area contributed by atoms with Crippen LogP contribution >= 0.6 is 0 Å². The van der Waals surface area contributed by atoms with E-state index in [9.17, 15) is 18.0 Å². The average Bonchev–Trinajstić information content (AvgIpc) is 2.67. The lowest BCUT2D eigenvalue weighted by molar-refractivity contribution is -0.137. The van der Waals surface area contributed by atoms with E-state index < -0.39 is 11.7 Å². The number of benzene rings is 1. The molecular weight excluding hydrogens is 317 g/mol. The predicted octanol–water partition coefficient (Wildman–Crippen LogP) is 5.14. The molecule has 0 spiro atoms. The number of nitrogens with zero attached hydrogens (tertiary/aromatic N) is 1. The fourth-order valence-electron chi connectivity index (χ4n) is 4.67. The molecule has 3 nitrogen and oxygen atoms in total. The maximum absolute atomic E-state index is 12.8. The van der Waals surface area contributed by atoms with E-state index in [0.29, 0.717) is 6.54 Å². The van der Waals surface area contributed by atoms with Crippen LogP contribution in [0.4, 0.5) is 23.7 Å². The minimum Gasteiger partial charge on any atom is -0.321 e. The lowest BCUT2D eigenvalue weighted by atomic mass is 9.65. The van der Waals surface area contributed by atoms with E-state index in [1.807, 2.05) is 0 Å². The molecule has 1 N–H and O–H groups in total. The summed E-state index contributed by atoms with van der Waals surface area (Å²) in [6.45, 7) is 7.28. The number of carbonyl (C=O) groups is 1. The molecular formula is C18H23F3N2O. The molecule has 2 atom stereocenters. The smallest absolute Gasteiger partial charge is 0.321 e. The monoisotopic (exact) mass is 340 g/mol. The molecule has 1 saturated carbocycles. The number of carbonyl (C=O) groups excluding carboxylic acids is 1. The van der Waals surface area contributed by atoms with Gasteiger partial charge in [-0.25, -0.2) is 4.79 Å². The fourth-order valence-corrected chi connectivity index (χ4v) is 4.67. The Morgan fingerprint density at radius 2 is 1.96 bits per heavy atom. The summed E-state index contributed by atoms with van der Waals surface area (Å²) in [5.41, 5.74) is -0.297. The van der Waals surface area contributed by atoms with Crippen molar-refractivity contribution in [3.8, 4) is 0 Å². The Bertz CT molecular complexity index is 656. The SMILES string of the molecule is CC1(C)CC2CC(C)(CN2C(=O)Nc2cccc(C(F)(F)F)c2)C1. The lowest BCUT2D eigenvalue weighted by Gasteiger charge is -2.39. The number of amides is 2. The van der Waals surface area contributed by atoms with Gasteiger partial charge in [-0.2, -0.15) is 13.2 Å². The molecule has 1 aliphatic carbocycles. The number of alkyl halides is 3. The van der Waals surface area contributed by atoms with Gasteiger partial charge in [0.15, 0.2) is 0 Å². The summed E-state index contributed by atoms with van der Waals surface area (Å²) in [4.78, 5) is 14.4. The van der Waals surface area contributed by atoms with Crippen molar-refractivity contribution in [3.05, 3.63) is 29.8 Å². The van der Waals surface area contributed by atoms with Gasteiger partial charge in [0.05, 0.1) is 5.56 Å². The molecule has 1 aliphatic heterocycles. The molecule has 2 unspecified atom stereocenters. The van der Waals surface area contributed by atoms with Crippen LogP contribution in [0.25, 0.3) is 0 Å². The highest BCUT2D eigenvalue weighted by Gasteiger charge is 2.51. The summed E-state index contributed by atoms with van der Waals surface area (Å²) < 4.78 is 38.4. The number of nitrogens with one attached hydrogen (secondary N) is 1. The van der Waals surface area contributed by atoms with Gasteiger partial charge in [-0.05, 0) is 48.3 Å². The maximum Gasteiger partial charge on any atom is 0.416 e. The van der Waals surface area contributed by atoms with E-state index >= 15 is 0 Å². The first kappa shape index (κ1) is 17.1. The average molecular weight is 340 g/mol. The normalized spacial score (nSPS) is 28.8. The molecule has 1 saturated heterocycles. The lowest BCUT2D eigenvalue weighted by Crippen LogP contribution is -2.40. The van der Waals surface area contributed by atoms with Crippen LogP contribution in [-0.2, 0) is 6.18 Å². The third-order valence-electron chi connectivity index (χ3n) is 5.12. The second-order valence-corrected chi connectivity index (χ2v) is 8.35. The van der Waals surface area contributed by atoms with Crippen LogP contribution in [0, 0.1) is 10.8 Å². The first-order valence-corrected chi connectivity index (χ1v) is 8.22. The van der Waals surface area contributed by atoms with Crippen molar-refractivity contribution in [2.75, 3.05) is 11.9 Å². The van der Waals surface area contributed by atoms with Crippen molar-refractivity contribution in [3.63, 3.8) is 0 Å². The molecule has 2 fully saturated rings. The Balaban J connectivity index is 1.75. The fraction of sp³-hybridized carbons (Fsp3) is 0.611. The zero-order valence-electron chi connectivity index (χ0n) is 14.2. The van der Waals surface area contributed by atoms with E-state index in [2.05, 4.69) is 26.1 Å². The van der Waals surface area contributed by atoms with Crippen molar-refractivity contribution < 1.29 is 18.0 Å². The summed E-state index contributed by atoms with van der Waals surface area (Å²) >= 11 is 0. The van der Waals surface area contributed by atoms with Crippen LogP contribution in [0.3, 0.4) is 0 Å². The number of likely N-dealkylation sites (tertiary alicyclic amines) is 1. The van der Waals surface area contributed by atoms with E-state index in [0.717, 1.165) is 31.4 Å². The summed E-state index contributed by atoms with van der Waals surface area (Å²) in [5, 5.41) is 2.64.